The van der Waals surface area contributed by atoms with Gasteiger partial charge in [-0.3, -0.25) is 0 Å². The third-order valence-electron chi connectivity index (χ3n) is 5.75. The first kappa shape index (κ1) is 21.9. The number of fused-ring (bicyclic) bond motifs is 2. The van der Waals surface area contributed by atoms with Crippen LogP contribution in [-0.2, 0) is 41.2 Å². The molecule has 5 N–H and O–H groups in total. The predicted octanol–water partition coefficient (Wildman–Crippen LogP) is 2.12. The van der Waals surface area contributed by atoms with Crippen molar-refractivity contribution in [1.29, 1.82) is 5.26 Å². The van der Waals surface area contributed by atoms with Crippen molar-refractivity contribution in [2.24, 2.45) is 9.50 Å². The number of hydrogen-bond acceptors (Lipinski definition) is 7. The van der Waals surface area contributed by atoms with Crippen LogP contribution in [0.5, 0.6) is 0 Å². The van der Waals surface area contributed by atoms with Gasteiger partial charge in [-0.05, 0) is 67.7 Å². The Balaban J connectivity index is 1.68. The number of anilines is 1. The van der Waals surface area contributed by atoms with Gasteiger partial charge < -0.3 is 15.5 Å². The number of urea groups is 1. The first-order chi connectivity index (χ1) is 14.7. The van der Waals surface area contributed by atoms with Crippen LogP contribution < -0.4 is 10.5 Å². The molecule has 2 amide bonds. The van der Waals surface area contributed by atoms with Crippen molar-refractivity contribution >= 4 is 33.0 Å². The molecule has 2 aromatic rings. The molecular weight excluding hydrogens is 438 g/mol. The second kappa shape index (κ2) is 7.96. The third-order valence-corrected chi connectivity index (χ3v) is 8.88. The lowest BCUT2D eigenvalue weighted by Gasteiger charge is -2.17. The number of thiazole rings is 1. The molecule has 0 saturated carbocycles. The lowest BCUT2D eigenvalue weighted by atomic mass is 9.93. The smallest absolute Gasteiger partial charge is 0.354 e. The Morgan fingerprint density at radius 1 is 1.32 bits per heavy atom. The van der Waals surface area contributed by atoms with Crippen molar-refractivity contribution in [2.45, 2.75) is 55.3 Å². The third kappa shape index (κ3) is 3.86. The highest BCUT2D eigenvalue weighted by molar-refractivity contribution is 7.93. The number of amides is 2. The summed E-state index contributed by atoms with van der Waals surface area (Å²) in [5.41, 5.74) is 3.72. The van der Waals surface area contributed by atoms with E-state index in [0.717, 1.165) is 77.7 Å². The number of carbonyl (C=O) groups excluding carboxylic acids is 1. The molecule has 0 saturated heterocycles. The standard InChI is InChI=1S/C20H23N5O4S2/c1-20(28,10-26)18-23-9-16(30-18)31(22,29)25-19(27)24-17-13-6-2-4-11(13)15(8-21)12-5-3-7-14(12)17/h9,26,28H,2-7,10H2,1H3,(H3,22,24,25,27,29)/t20-,31?/m0/s1. The van der Waals surface area contributed by atoms with Gasteiger partial charge in [0.1, 0.15) is 14.8 Å². The van der Waals surface area contributed by atoms with E-state index in [1.54, 1.807) is 0 Å². The number of aliphatic hydroxyl groups is 2. The van der Waals surface area contributed by atoms with Crippen LogP contribution in [0.15, 0.2) is 14.8 Å². The van der Waals surface area contributed by atoms with Gasteiger partial charge in [0.2, 0.25) is 0 Å². The Morgan fingerprint density at radius 2 is 1.90 bits per heavy atom. The number of benzene rings is 1. The average Bonchev–Trinajstić information content (AvgIpc) is 3.47. The fourth-order valence-corrected chi connectivity index (χ4v) is 6.35. The number of rotatable bonds is 4. The highest BCUT2D eigenvalue weighted by atomic mass is 32.2. The zero-order chi connectivity index (χ0) is 22.4. The number of nitriles is 1. The molecule has 11 heteroatoms. The Bertz CT molecular complexity index is 1200. The van der Waals surface area contributed by atoms with Crippen LogP contribution in [0.25, 0.3) is 0 Å². The number of carbonyl (C=O) groups is 1. The number of nitrogens with one attached hydrogen (secondary N) is 1. The van der Waals surface area contributed by atoms with Crippen molar-refractivity contribution in [2.75, 3.05) is 11.9 Å². The van der Waals surface area contributed by atoms with Gasteiger partial charge in [-0.15, -0.1) is 15.7 Å². The van der Waals surface area contributed by atoms with Crippen molar-refractivity contribution in [3.05, 3.63) is 39.0 Å². The maximum Gasteiger partial charge on any atom is 0.354 e. The molecule has 4 rings (SSSR count). The minimum atomic E-state index is -3.59. The maximum absolute atomic E-state index is 12.9. The summed E-state index contributed by atoms with van der Waals surface area (Å²) in [7, 11) is -3.59. The van der Waals surface area contributed by atoms with E-state index >= 15 is 0 Å². The molecule has 1 unspecified atom stereocenters. The highest BCUT2D eigenvalue weighted by Gasteiger charge is 2.30. The molecule has 9 nitrogen and oxygen atoms in total. The lowest BCUT2D eigenvalue weighted by Crippen LogP contribution is -2.25. The Kier molecular flexibility index (Phi) is 5.61. The van der Waals surface area contributed by atoms with Gasteiger partial charge in [-0.2, -0.15) is 5.26 Å². The minimum absolute atomic E-state index is 0.0293. The number of nitrogens with two attached hydrogens (primary N) is 1. The van der Waals surface area contributed by atoms with E-state index < -0.39 is 28.2 Å². The molecule has 2 aliphatic rings. The van der Waals surface area contributed by atoms with Gasteiger partial charge in [0, 0.05) is 5.69 Å². The van der Waals surface area contributed by atoms with Crippen LogP contribution in [0.4, 0.5) is 10.5 Å². The van der Waals surface area contributed by atoms with Gasteiger partial charge in [0.15, 0.2) is 9.92 Å². The van der Waals surface area contributed by atoms with E-state index in [1.807, 2.05) is 0 Å². The highest BCUT2D eigenvalue weighted by Crippen LogP contribution is 2.41. The predicted molar refractivity (Wildman–Crippen MR) is 116 cm³/mol. The summed E-state index contributed by atoms with van der Waals surface area (Å²) in [5, 5.41) is 37.8. The minimum Gasteiger partial charge on any atom is -0.393 e. The maximum atomic E-state index is 12.9. The average molecular weight is 462 g/mol. The van der Waals surface area contributed by atoms with Crippen LogP contribution in [0.2, 0.25) is 0 Å². The largest absolute Gasteiger partial charge is 0.393 e. The number of nitrogens with zero attached hydrogens (tertiary/aromatic N) is 3. The second-order valence-corrected chi connectivity index (χ2v) is 11.0. The summed E-state index contributed by atoms with van der Waals surface area (Å²) in [6.45, 7) is 0.794. The van der Waals surface area contributed by atoms with Gasteiger partial charge >= 0.3 is 6.03 Å². The summed E-state index contributed by atoms with van der Waals surface area (Å²) >= 11 is 0.833. The summed E-state index contributed by atoms with van der Waals surface area (Å²) < 4.78 is 16.7. The molecule has 1 heterocycles. The van der Waals surface area contributed by atoms with Crippen molar-refractivity contribution in [3.8, 4) is 6.07 Å². The van der Waals surface area contributed by atoms with Crippen LogP contribution >= 0.6 is 11.3 Å². The molecule has 164 valence electrons. The Labute approximate surface area is 184 Å². The molecule has 0 fully saturated rings. The normalized spacial score (nSPS) is 18.4. The molecule has 1 aromatic carbocycles. The molecule has 0 radical (unpaired) electrons. The van der Waals surface area contributed by atoms with Crippen LogP contribution in [0.1, 0.15) is 52.6 Å². The molecular formula is C20H23N5O4S2. The van der Waals surface area contributed by atoms with Crippen molar-refractivity contribution in [1.82, 2.24) is 4.98 Å². The van der Waals surface area contributed by atoms with Gasteiger partial charge in [-0.1, -0.05) is 0 Å². The topological polar surface area (TPSA) is 162 Å². The lowest BCUT2D eigenvalue weighted by molar-refractivity contribution is -0.00244. The van der Waals surface area contributed by atoms with Crippen LogP contribution in [0.3, 0.4) is 0 Å². The van der Waals surface area contributed by atoms with Gasteiger partial charge in [0.05, 0.1) is 24.4 Å². The van der Waals surface area contributed by atoms with E-state index in [2.05, 4.69) is 20.7 Å². The van der Waals surface area contributed by atoms with Crippen LogP contribution in [0, 0.1) is 11.3 Å². The van der Waals surface area contributed by atoms with Crippen molar-refractivity contribution < 1.29 is 19.2 Å². The van der Waals surface area contributed by atoms with Gasteiger partial charge in [-0.25, -0.2) is 19.1 Å². The Hall–Kier alpha value is -2.36. The Morgan fingerprint density at radius 3 is 2.45 bits per heavy atom. The van der Waals surface area contributed by atoms with E-state index in [9.17, 15) is 24.5 Å². The number of hydrogen-bond donors (Lipinski definition) is 4. The molecule has 2 atom stereocenters. The fourth-order valence-electron chi connectivity index (χ4n) is 4.25. The molecule has 31 heavy (non-hydrogen) atoms. The van der Waals surface area contributed by atoms with Crippen molar-refractivity contribution in [3.63, 3.8) is 0 Å². The van der Waals surface area contributed by atoms with E-state index in [0.29, 0.717) is 5.69 Å². The number of aliphatic hydroxyl groups excluding tert-OH is 1. The van der Waals surface area contributed by atoms with E-state index in [-0.39, 0.29) is 9.22 Å². The molecule has 0 bridgehead atoms. The molecule has 0 aliphatic heterocycles. The van der Waals surface area contributed by atoms with Gasteiger partial charge in [0.25, 0.3) is 0 Å². The summed E-state index contributed by atoms with van der Waals surface area (Å²) in [6, 6.07) is 1.51. The van der Waals surface area contributed by atoms with E-state index in [4.69, 9.17) is 5.14 Å². The monoisotopic (exact) mass is 461 g/mol. The summed E-state index contributed by atoms with van der Waals surface area (Å²) in [6.07, 6.45) is 6.14. The molecule has 1 aromatic heterocycles. The molecule has 2 aliphatic carbocycles. The SMILES string of the molecule is C[C@](O)(CO)c1ncc(S(N)(=O)=NC(=O)Nc2c3c(c(C#N)c4c2CCC4)CCC3)s1. The number of aromatic nitrogens is 1. The first-order valence-electron chi connectivity index (χ1n) is 9.93. The summed E-state index contributed by atoms with van der Waals surface area (Å²) in [4.78, 5) is 16.7. The fraction of sp³-hybridized carbons (Fsp3) is 0.450. The second-order valence-electron chi connectivity index (χ2n) is 7.99. The quantitative estimate of drug-likeness (QED) is 0.545. The molecule has 0 spiro atoms. The van der Waals surface area contributed by atoms with Crippen LogP contribution in [-0.4, -0.2) is 32.0 Å². The zero-order valence-corrected chi connectivity index (χ0v) is 18.6. The zero-order valence-electron chi connectivity index (χ0n) is 17.0. The first-order valence-corrected chi connectivity index (χ1v) is 12.3. The summed E-state index contributed by atoms with van der Waals surface area (Å²) in [5.74, 6) is 0. The van der Waals surface area contributed by atoms with E-state index in [1.165, 1.54) is 13.1 Å².